The van der Waals surface area contributed by atoms with E-state index in [0.29, 0.717) is 29.7 Å². The van der Waals surface area contributed by atoms with Crippen LogP contribution in [0.5, 0.6) is 0 Å². The van der Waals surface area contributed by atoms with Gasteiger partial charge in [-0.1, -0.05) is 6.07 Å². The minimum atomic E-state index is -0.0373. The van der Waals surface area contributed by atoms with Crippen LogP contribution in [0.2, 0.25) is 0 Å². The molecule has 4 rings (SSSR count). The number of hydrogen-bond donors (Lipinski definition) is 1. The smallest absolute Gasteiger partial charge is 0.269 e. The monoisotopic (exact) mass is 413 g/mol. The molecule has 6 heteroatoms. The number of nitrogens with one attached hydrogen (secondary N) is 1. The second kappa shape index (κ2) is 9.65. The molecule has 1 aromatic heterocycles. The molecule has 6 nitrogen and oxygen atoms in total. The van der Waals surface area contributed by atoms with Crippen LogP contribution in [-0.2, 0) is 0 Å². The van der Waals surface area contributed by atoms with Crippen molar-refractivity contribution < 1.29 is 4.79 Å². The Balaban J connectivity index is 1.36. The zero-order valence-electron chi connectivity index (χ0n) is 19.0. The van der Waals surface area contributed by atoms with Crippen LogP contribution < -0.4 is 10.2 Å². The van der Waals surface area contributed by atoms with Crippen LogP contribution in [0.3, 0.4) is 0 Å². The molecule has 1 aromatic rings. The Kier molecular flexibility index (Phi) is 6.94. The van der Waals surface area contributed by atoms with Gasteiger partial charge in [0, 0.05) is 44.3 Å². The number of likely N-dealkylation sites (tertiary alicyclic amines) is 1. The SMILES string of the molecule is CC(C)N1CCC(N2CCC(C)N(c3cccc(C(=O)NCC4CC4)n3)CC2)CC1. The molecular formula is C24H39N5O. The Morgan fingerprint density at radius 3 is 2.53 bits per heavy atom. The highest BCUT2D eigenvalue weighted by atomic mass is 16.1. The average molecular weight is 414 g/mol. The van der Waals surface area contributed by atoms with Crippen LogP contribution in [0.1, 0.15) is 63.4 Å². The van der Waals surface area contributed by atoms with Gasteiger partial charge in [-0.05, 0) is 84.0 Å². The molecule has 0 bridgehead atoms. The summed E-state index contributed by atoms with van der Waals surface area (Å²) in [7, 11) is 0. The Morgan fingerprint density at radius 1 is 1.07 bits per heavy atom. The van der Waals surface area contributed by atoms with Gasteiger partial charge in [0.05, 0.1) is 0 Å². The number of pyridine rings is 1. The van der Waals surface area contributed by atoms with E-state index in [9.17, 15) is 4.79 Å². The van der Waals surface area contributed by atoms with Gasteiger partial charge in [0.2, 0.25) is 0 Å². The van der Waals surface area contributed by atoms with Crippen LogP contribution >= 0.6 is 0 Å². The Hall–Kier alpha value is -1.66. The van der Waals surface area contributed by atoms with E-state index in [1.54, 1.807) is 0 Å². The van der Waals surface area contributed by atoms with E-state index in [4.69, 9.17) is 4.98 Å². The van der Waals surface area contributed by atoms with Crippen molar-refractivity contribution in [3.63, 3.8) is 0 Å². The fourth-order valence-electron chi connectivity index (χ4n) is 4.91. The molecule has 1 unspecified atom stereocenters. The minimum Gasteiger partial charge on any atom is -0.353 e. The molecule has 1 aliphatic carbocycles. The van der Waals surface area contributed by atoms with Gasteiger partial charge in [-0.25, -0.2) is 4.98 Å². The summed E-state index contributed by atoms with van der Waals surface area (Å²) in [6.07, 6.45) is 6.19. The topological polar surface area (TPSA) is 51.7 Å². The van der Waals surface area contributed by atoms with E-state index in [2.05, 4.69) is 46.9 Å². The normalized spacial score (nSPS) is 24.8. The second-order valence-electron chi connectivity index (χ2n) is 9.76. The fourth-order valence-corrected chi connectivity index (χ4v) is 4.91. The summed E-state index contributed by atoms with van der Waals surface area (Å²) in [5, 5.41) is 3.04. The molecule has 1 amide bonds. The Morgan fingerprint density at radius 2 is 1.83 bits per heavy atom. The number of carbonyl (C=O) groups is 1. The van der Waals surface area contributed by atoms with Crippen molar-refractivity contribution in [1.82, 2.24) is 20.1 Å². The van der Waals surface area contributed by atoms with Gasteiger partial charge in [-0.3, -0.25) is 9.69 Å². The van der Waals surface area contributed by atoms with Crippen LogP contribution in [-0.4, -0.2) is 78.1 Å². The average Bonchev–Trinajstić information content (AvgIpc) is 3.60. The van der Waals surface area contributed by atoms with Gasteiger partial charge >= 0.3 is 0 Å². The number of carbonyl (C=O) groups excluding carboxylic acids is 1. The molecule has 3 heterocycles. The summed E-state index contributed by atoms with van der Waals surface area (Å²) in [6.45, 7) is 13.4. The summed E-state index contributed by atoms with van der Waals surface area (Å²) in [4.78, 5) is 24.9. The lowest BCUT2D eigenvalue weighted by Crippen LogP contribution is -2.47. The first-order chi connectivity index (χ1) is 14.5. The van der Waals surface area contributed by atoms with Gasteiger partial charge in [0.15, 0.2) is 0 Å². The van der Waals surface area contributed by atoms with Crippen LogP contribution in [0.15, 0.2) is 18.2 Å². The molecule has 166 valence electrons. The van der Waals surface area contributed by atoms with Crippen molar-refractivity contribution in [2.24, 2.45) is 5.92 Å². The summed E-state index contributed by atoms with van der Waals surface area (Å²) < 4.78 is 0. The number of amides is 1. The van der Waals surface area contributed by atoms with Gasteiger partial charge < -0.3 is 15.1 Å². The van der Waals surface area contributed by atoms with Gasteiger partial charge in [-0.15, -0.1) is 0 Å². The first kappa shape index (κ1) is 21.6. The van der Waals surface area contributed by atoms with Gasteiger partial charge in [-0.2, -0.15) is 0 Å². The molecule has 30 heavy (non-hydrogen) atoms. The van der Waals surface area contributed by atoms with Crippen molar-refractivity contribution in [3.8, 4) is 0 Å². The Bertz CT molecular complexity index is 711. The van der Waals surface area contributed by atoms with Gasteiger partial charge in [0.1, 0.15) is 11.5 Å². The number of nitrogens with zero attached hydrogens (tertiary/aromatic N) is 4. The number of aromatic nitrogens is 1. The first-order valence-electron chi connectivity index (χ1n) is 12.0. The lowest BCUT2D eigenvalue weighted by atomic mass is 10.0. The highest BCUT2D eigenvalue weighted by Crippen LogP contribution is 2.28. The van der Waals surface area contributed by atoms with E-state index in [0.717, 1.165) is 38.4 Å². The largest absolute Gasteiger partial charge is 0.353 e. The first-order valence-corrected chi connectivity index (χ1v) is 12.0. The molecule has 3 fully saturated rings. The summed E-state index contributed by atoms with van der Waals surface area (Å²) >= 11 is 0. The molecule has 3 aliphatic rings. The number of rotatable bonds is 6. The third kappa shape index (κ3) is 5.33. The highest BCUT2D eigenvalue weighted by molar-refractivity contribution is 5.92. The maximum Gasteiger partial charge on any atom is 0.269 e. The third-order valence-electron chi connectivity index (χ3n) is 7.25. The number of piperidine rings is 1. The molecule has 1 atom stereocenters. The molecule has 0 aromatic carbocycles. The molecule has 2 saturated heterocycles. The number of hydrogen-bond acceptors (Lipinski definition) is 5. The van der Waals surface area contributed by atoms with E-state index in [1.807, 2.05) is 12.1 Å². The maximum atomic E-state index is 12.5. The Labute approximate surface area is 182 Å². The second-order valence-corrected chi connectivity index (χ2v) is 9.76. The van der Waals surface area contributed by atoms with E-state index in [1.165, 1.54) is 38.8 Å². The van der Waals surface area contributed by atoms with Crippen LogP contribution in [0, 0.1) is 5.92 Å². The predicted octanol–water partition coefficient (Wildman–Crippen LogP) is 2.99. The van der Waals surface area contributed by atoms with E-state index in [-0.39, 0.29) is 5.91 Å². The third-order valence-corrected chi connectivity index (χ3v) is 7.25. The van der Waals surface area contributed by atoms with Crippen LogP contribution in [0.4, 0.5) is 5.82 Å². The van der Waals surface area contributed by atoms with E-state index < -0.39 is 0 Å². The maximum absolute atomic E-state index is 12.5. The minimum absolute atomic E-state index is 0.0373. The standard InChI is InChI=1S/C24H39N5O/c1-18(2)27-13-10-21(11-14-27)28-12-9-19(3)29(16-15-28)23-6-4-5-22(26-23)24(30)25-17-20-7-8-20/h4-6,18-21H,7-17H2,1-3H3,(H,25,30). The molecule has 0 spiro atoms. The lowest BCUT2D eigenvalue weighted by molar-refractivity contribution is 0.0947. The summed E-state index contributed by atoms with van der Waals surface area (Å²) in [6, 6.07) is 7.67. The summed E-state index contributed by atoms with van der Waals surface area (Å²) in [5.74, 6) is 1.59. The molecular weight excluding hydrogens is 374 g/mol. The van der Waals surface area contributed by atoms with Crippen molar-refractivity contribution in [2.45, 2.75) is 71.0 Å². The van der Waals surface area contributed by atoms with Crippen molar-refractivity contribution >= 4 is 11.7 Å². The highest BCUT2D eigenvalue weighted by Gasteiger charge is 2.29. The van der Waals surface area contributed by atoms with Crippen molar-refractivity contribution in [2.75, 3.05) is 44.2 Å². The zero-order chi connectivity index (χ0) is 21.1. The molecule has 0 radical (unpaired) electrons. The van der Waals surface area contributed by atoms with Crippen molar-refractivity contribution in [1.29, 1.82) is 0 Å². The van der Waals surface area contributed by atoms with Crippen molar-refractivity contribution in [3.05, 3.63) is 23.9 Å². The quantitative estimate of drug-likeness (QED) is 0.777. The molecule has 1 N–H and O–H groups in total. The van der Waals surface area contributed by atoms with E-state index >= 15 is 0 Å². The number of anilines is 1. The molecule has 2 aliphatic heterocycles. The fraction of sp³-hybridized carbons (Fsp3) is 0.750. The zero-order valence-corrected chi connectivity index (χ0v) is 19.0. The lowest BCUT2D eigenvalue weighted by Gasteiger charge is -2.39. The van der Waals surface area contributed by atoms with Crippen LogP contribution in [0.25, 0.3) is 0 Å². The van der Waals surface area contributed by atoms with Gasteiger partial charge in [0.25, 0.3) is 5.91 Å². The summed E-state index contributed by atoms with van der Waals surface area (Å²) in [5.41, 5.74) is 0.544. The molecule has 1 saturated carbocycles. The predicted molar refractivity (Wildman–Crippen MR) is 122 cm³/mol.